The molecular formula is C38H42NO8S+. The quantitative estimate of drug-likeness (QED) is 0.0784. The Hall–Kier alpha value is -4.51. The number of carbonyl (C=O) groups excluding carboxylic acids is 2. The number of benzene rings is 4. The molecule has 5 rings (SSSR count). The first kappa shape index (κ1) is 34.8. The number of aryl methyl sites for hydroxylation is 1. The molecule has 1 unspecified atom stereocenters. The van der Waals surface area contributed by atoms with Gasteiger partial charge in [-0.05, 0) is 80.8 Å². The molecule has 0 N–H and O–H groups in total. The predicted molar refractivity (Wildman–Crippen MR) is 181 cm³/mol. The van der Waals surface area contributed by atoms with E-state index < -0.39 is 43.9 Å². The lowest BCUT2D eigenvalue weighted by Gasteiger charge is -2.45. The monoisotopic (exact) mass is 672 g/mol. The molecule has 0 radical (unpaired) electrons. The molecule has 48 heavy (non-hydrogen) atoms. The molecule has 1 heterocycles. The number of likely N-dealkylation sites (tertiary alicyclic amines) is 1. The third-order valence-electron chi connectivity index (χ3n) is 8.86. The largest absolute Gasteiger partial charge is 0.524 e. The highest BCUT2D eigenvalue weighted by Gasteiger charge is 2.65. The summed E-state index contributed by atoms with van der Waals surface area (Å²) in [7, 11) is -1.12. The van der Waals surface area contributed by atoms with Crippen molar-refractivity contribution in [1.29, 1.82) is 0 Å². The van der Waals surface area contributed by atoms with E-state index in [0.29, 0.717) is 17.9 Å². The fourth-order valence-electron chi connectivity index (χ4n) is 6.70. The minimum atomic E-state index is -4.27. The van der Waals surface area contributed by atoms with Gasteiger partial charge in [-0.2, -0.15) is 17.7 Å². The Kier molecular flexibility index (Phi) is 9.82. The maximum Gasteiger partial charge on any atom is 0.524 e. The van der Waals surface area contributed by atoms with Crippen molar-refractivity contribution in [1.82, 2.24) is 0 Å². The second-order valence-electron chi connectivity index (χ2n) is 13.1. The number of hydrogen-bond donors (Lipinski definition) is 0. The van der Waals surface area contributed by atoms with Gasteiger partial charge in [-0.3, -0.25) is 4.18 Å². The summed E-state index contributed by atoms with van der Waals surface area (Å²) >= 11 is 0. The molecule has 0 aliphatic carbocycles. The average molecular weight is 673 g/mol. The highest BCUT2D eigenvalue weighted by molar-refractivity contribution is 7.86. The van der Waals surface area contributed by atoms with E-state index in [0.717, 1.165) is 22.3 Å². The number of imide groups is 1. The van der Waals surface area contributed by atoms with Crippen molar-refractivity contribution < 1.29 is 40.9 Å². The Morgan fingerprint density at radius 3 is 1.73 bits per heavy atom. The zero-order chi connectivity index (χ0) is 34.7. The Morgan fingerprint density at radius 2 is 1.27 bits per heavy atom. The van der Waals surface area contributed by atoms with Crippen molar-refractivity contribution in [2.75, 3.05) is 20.8 Å². The molecule has 3 atom stereocenters. The Labute approximate surface area is 282 Å². The van der Waals surface area contributed by atoms with Crippen LogP contribution in [0.2, 0.25) is 0 Å². The van der Waals surface area contributed by atoms with Crippen LogP contribution >= 0.6 is 0 Å². The van der Waals surface area contributed by atoms with Gasteiger partial charge in [0.05, 0.1) is 24.5 Å². The lowest BCUT2D eigenvalue weighted by atomic mass is 9.63. The number of rotatable bonds is 10. The lowest BCUT2D eigenvalue weighted by molar-refractivity contribution is -0.792. The van der Waals surface area contributed by atoms with Gasteiger partial charge in [-0.1, -0.05) is 72.3 Å². The van der Waals surface area contributed by atoms with E-state index in [1.54, 1.807) is 47.1 Å². The fraction of sp³-hybridized carbons (Fsp3) is 0.316. The molecular weight excluding hydrogens is 630 g/mol. The van der Waals surface area contributed by atoms with Gasteiger partial charge in [0.2, 0.25) is 0 Å². The molecule has 2 amide bonds. The molecule has 4 aromatic carbocycles. The van der Waals surface area contributed by atoms with Crippen LogP contribution in [-0.4, -0.2) is 63.9 Å². The molecule has 1 aliphatic rings. The standard InChI is InChI=1S/C38H42NO8S/c1-27-12-22-34(23-13-27)48(42,43)47-33-24-35(39(25-33,26-40)36(41)46-37(2,3)4)38(28-10-8-7-9-11-28,29-14-18-31(44-5)19-15-29)30-16-20-32(45-6)21-17-30/h7-23,26,33,35H,24-25H2,1-6H3/q+1/t33-,35-,39?/m1/s1. The van der Waals surface area contributed by atoms with Crippen LogP contribution in [0.5, 0.6) is 11.5 Å². The van der Waals surface area contributed by atoms with Crippen LogP contribution in [0, 0.1) is 6.92 Å². The van der Waals surface area contributed by atoms with Crippen molar-refractivity contribution in [2.24, 2.45) is 0 Å². The second kappa shape index (κ2) is 13.5. The van der Waals surface area contributed by atoms with E-state index >= 15 is 0 Å². The minimum absolute atomic E-state index is 0.00995. The topological polar surface area (TPSA) is 105 Å². The lowest BCUT2D eigenvalue weighted by Crippen LogP contribution is -2.64. The van der Waals surface area contributed by atoms with Gasteiger partial charge in [0.25, 0.3) is 10.1 Å². The van der Waals surface area contributed by atoms with Gasteiger partial charge in [0.1, 0.15) is 35.8 Å². The Balaban J connectivity index is 1.80. The number of quaternary nitrogens is 1. The molecule has 0 saturated carbocycles. The summed E-state index contributed by atoms with van der Waals surface area (Å²) in [5.74, 6) is 1.24. The van der Waals surface area contributed by atoms with Crippen LogP contribution in [0.1, 0.15) is 49.4 Å². The molecule has 10 heteroatoms. The summed E-state index contributed by atoms with van der Waals surface area (Å²) < 4.78 is 49.3. The average Bonchev–Trinajstić information content (AvgIpc) is 3.44. The summed E-state index contributed by atoms with van der Waals surface area (Å²) in [4.78, 5) is 28.1. The normalized spacial score (nSPS) is 19.8. The number of hydrogen-bond acceptors (Lipinski definition) is 8. The summed E-state index contributed by atoms with van der Waals surface area (Å²) in [6, 6.07) is 29.9. The first-order valence-corrected chi connectivity index (χ1v) is 17.1. The highest BCUT2D eigenvalue weighted by atomic mass is 32.2. The van der Waals surface area contributed by atoms with E-state index in [1.807, 2.05) is 85.8 Å². The number of methoxy groups -OCH3 is 2. The van der Waals surface area contributed by atoms with Gasteiger partial charge in [0, 0.05) is 6.42 Å². The molecule has 9 nitrogen and oxygen atoms in total. The summed E-state index contributed by atoms with van der Waals surface area (Å²) in [6.07, 6.45) is -1.27. The molecule has 1 aliphatic heterocycles. The van der Waals surface area contributed by atoms with Crippen molar-refractivity contribution in [3.05, 3.63) is 125 Å². The van der Waals surface area contributed by atoms with Crippen LogP contribution in [0.4, 0.5) is 4.79 Å². The van der Waals surface area contributed by atoms with Crippen molar-refractivity contribution in [2.45, 2.75) is 62.2 Å². The minimum Gasteiger partial charge on any atom is -0.497 e. The molecule has 0 spiro atoms. The number of ether oxygens (including phenoxy) is 3. The van der Waals surface area contributed by atoms with Crippen LogP contribution in [0.15, 0.2) is 108 Å². The van der Waals surface area contributed by atoms with E-state index in [2.05, 4.69) is 0 Å². The summed E-state index contributed by atoms with van der Waals surface area (Å²) in [5, 5.41) is 0. The van der Waals surface area contributed by atoms with Gasteiger partial charge in [-0.25, -0.2) is 4.79 Å². The molecule has 0 aromatic heterocycles. The molecule has 1 saturated heterocycles. The van der Waals surface area contributed by atoms with E-state index in [9.17, 15) is 18.0 Å². The number of nitrogens with zero attached hydrogens (tertiary/aromatic N) is 1. The molecule has 1 fully saturated rings. The van der Waals surface area contributed by atoms with Gasteiger partial charge in [-0.15, -0.1) is 0 Å². The summed E-state index contributed by atoms with van der Waals surface area (Å²) in [6.45, 7) is 6.77. The Morgan fingerprint density at radius 1 is 0.771 bits per heavy atom. The third-order valence-corrected chi connectivity index (χ3v) is 10.2. The van der Waals surface area contributed by atoms with E-state index in [4.69, 9.17) is 18.4 Å². The van der Waals surface area contributed by atoms with Crippen LogP contribution in [-0.2, 0) is 29.2 Å². The van der Waals surface area contributed by atoms with Crippen molar-refractivity contribution in [3.63, 3.8) is 0 Å². The van der Waals surface area contributed by atoms with Crippen LogP contribution in [0.3, 0.4) is 0 Å². The van der Waals surface area contributed by atoms with Gasteiger partial charge in [0.15, 0.2) is 0 Å². The molecule has 4 aromatic rings. The first-order chi connectivity index (χ1) is 22.8. The van der Waals surface area contributed by atoms with Crippen LogP contribution in [0.25, 0.3) is 0 Å². The summed E-state index contributed by atoms with van der Waals surface area (Å²) in [5.41, 5.74) is 1.02. The van der Waals surface area contributed by atoms with Gasteiger partial charge < -0.3 is 14.2 Å². The smallest absolute Gasteiger partial charge is 0.497 e. The van der Waals surface area contributed by atoms with E-state index in [1.165, 1.54) is 12.1 Å². The third kappa shape index (κ3) is 6.60. The number of carbonyl (C=O) groups is 2. The molecule has 252 valence electrons. The predicted octanol–water partition coefficient (Wildman–Crippen LogP) is 6.80. The van der Waals surface area contributed by atoms with Crippen molar-refractivity contribution >= 4 is 22.6 Å². The zero-order valence-electron chi connectivity index (χ0n) is 28.1. The number of amides is 2. The molecule has 0 bridgehead atoms. The zero-order valence-corrected chi connectivity index (χ0v) is 28.9. The SMILES string of the molecule is COc1ccc(C(c2ccccc2)(c2ccc(OC)cc2)[C@H]2C[C@@H](OS(=O)(=O)c3ccc(C)cc3)C[N+]2(C=O)C(=O)OC(C)(C)C)cc1. The van der Waals surface area contributed by atoms with E-state index in [-0.39, 0.29) is 17.9 Å². The fourth-order valence-corrected chi connectivity index (χ4v) is 7.78. The first-order valence-electron chi connectivity index (χ1n) is 15.7. The Bertz CT molecular complexity index is 1790. The maximum absolute atomic E-state index is 14.5. The van der Waals surface area contributed by atoms with Gasteiger partial charge >= 0.3 is 12.5 Å². The van der Waals surface area contributed by atoms with Crippen molar-refractivity contribution in [3.8, 4) is 11.5 Å². The second-order valence-corrected chi connectivity index (χ2v) is 14.6. The highest BCUT2D eigenvalue weighted by Crippen LogP contribution is 2.51. The maximum atomic E-state index is 14.5. The van der Waals surface area contributed by atoms with Crippen LogP contribution < -0.4 is 9.47 Å².